The summed E-state index contributed by atoms with van der Waals surface area (Å²) in [5, 5.41) is 0. The van der Waals surface area contributed by atoms with E-state index in [0.717, 1.165) is 56.1 Å². The summed E-state index contributed by atoms with van der Waals surface area (Å²) in [6, 6.07) is -0.103. The van der Waals surface area contributed by atoms with Crippen molar-refractivity contribution in [3.63, 3.8) is 0 Å². The van der Waals surface area contributed by atoms with E-state index in [9.17, 15) is 8.42 Å². The van der Waals surface area contributed by atoms with Gasteiger partial charge in [-0.3, -0.25) is 4.55 Å². The number of rotatable bonds is 13. The normalized spacial score (nSPS) is 21.8. The van der Waals surface area contributed by atoms with Gasteiger partial charge in [-0.15, -0.1) is 6.58 Å². The Morgan fingerprint density at radius 2 is 1.68 bits per heavy atom. The fourth-order valence-corrected chi connectivity index (χ4v) is 3.93. The maximum Gasteiger partial charge on any atom is 0.335 e. The van der Waals surface area contributed by atoms with Crippen LogP contribution in [0.15, 0.2) is 12.7 Å². The van der Waals surface area contributed by atoms with Gasteiger partial charge in [0.25, 0.3) is 0 Å². The standard InChI is InChI=1S/C18H36N2O4S/c1-4-14-19(2)15-8-6-5-7-9-16-24-18-12-10-17(11-13-18)20(3)25(21,22)23/h4,17-18H,1,5-16H2,2-3H3,(H,21,22,23). The maximum absolute atomic E-state index is 11.1. The molecule has 0 amide bonds. The molecule has 7 heteroatoms. The van der Waals surface area contributed by atoms with Crippen LogP contribution in [0.3, 0.4) is 0 Å². The summed E-state index contributed by atoms with van der Waals surface area (Å²) in [5.41, 5.74) is 0. The number of likely N-dealkylation sites (N-methyl/N-ethyl adjacent to an activating group) is 1. The molecule has 0 atom stereocenters. The molecular weight excluding hydrogens is 340 g/mol. The summed E-state index contributed by atoms with van der Waals surface area (Å²) in [6.45, 7) is 6.62. The molecule has 0 heterocycles. The molecule has 1 saturated carbocycles. The Balaban J connectivity index is 1.99. The van der Waals surface area contributed by atoms with Gasteiger partial charge in [0.2, 0.25) is 0 Å². The average Bonchev–Trinajstić information content (AvgIpc) is 2.56. The molecule has 148 valence electrons. The summed E-state index contributed by atoms with van der Waals surface area (Å²) in [4.78, 5) is 2.28. The minimum absolute atomic E-state index is 0.103. The molecule has 0 bridgehead atoms. The fraction of sp³-hybridized carbons (Fsp3) is 0.889. The minimum atomic E-state index is -4.08. The second kappa shape index (κ2) is 12.0. The van der Waals surface area contributed by atoms with Crippen molar-refractivity contribution in [1.82, 2.24) is 9.21 Å². The average molecular weight is 377 g/mol. The third-order valence-electron chi connectivity index (χ3n) is 5.00. The van der Waals surface area contributed by atoms with Crippen LogP contribution in [-0.2, 0) is 15.0 Å². The zero-order chi connectivity index (χ0) is 18.7. The number of hydrogen-bond acceptors (Lipinski definition) is 4. The van der Waals surface area contributed by atoms with Gasteiger partial charge in [0, 0.05) is 26.2 Å². The third kappa shape index (κ3) is 9.70. The molecule has 1 N–H and O–H groups in total. The van der Waals surface area contributed by atoms with Crippen molar-refractivity contribution < 1.29 is 17.7 Å². The van der Waals surface area contributed by atoms with Crippen LogP contribution >= 0.6 is 0 Å². The van der Waals surface area contributed by atoms with Crippen LogP contribution in [0.2, 0.25) is 0 Å². The quantitative estimate of drug-likeness (QED) is 0.304. The Morgan fingerprint density at radius 3 is 2.28 bits per heavy atom. The number of nitrogens with zero attached hydrogens (tertiary/aromatic N) is 2. The summed E-state index contributed by atoms with van der Waals surface area (Å²) in [7, 11) is -0.512. The Kier molecular flexibility index (Phi) is 10.8. The molecule has 0 aliphatic heterocycles. The van der Waals surface area contributed by atoms with Crippen molar-refractivity contribution in [2.24, 2.45) is 0 Å². The van der Waals surface area contributed by atoms with Gasteiger partial charge in [-0.2, -0.15) is 12.7 Å². The van der Waals surface area contributed by atoms with Gasteiger partial charge < -0.3 is 9.64 Å². The first kappa shape index (κ1) is 22.6. The first-order chi connectivity index (χ1) is 11.8. The van der Waals surface area contributed by atoms with E-state index in [-0.39, 0.29) is 12.1 Å². The molecule has 0 aromatic carbocycles. The molecule has 1 aliphatic rings. The van der Waals surface area contributed by atoms with E-state index < -0.39 is 10.3 Å². The van der Waals surface area contributed by atoms with Crippen molar-refractivity contribution in [2.75, 3.05) is 33.8 Å². The van der Waals surface area contributed by atoms with E-state index in [1.807, 2.05) is 6.08 Å². The van der Waals surface area contributed by atoms with E-state index in [0.29, 0.717) is 0 Å². The number of ether oxygens (including phenoxy) is 1. The van der Waals surface area contributed by atoms with E-state index in [1.54, 1.807) is 0 Å². The lowest BCUT2D eigenvalue weighted by atomic mass is 9.93. The first-order valence-electron chi connectivity index (χ1n) is 9.46. The van der Waals surface area contributed by atoms with Crippen LogP contribution in [0.4, 0.5) is 0 Å². The van der Waals surface area contributed by atoms with Gasteiger partial charge in [-0.05, 0) is 52.1 Å². The predicted molar refractivity (Wildman–Crippen MR) is 102 cm³/mol. The fourth-order valence-electron chi connectivity index (χ4n) is 3.34. The monoisotopic (exact) mass is 376 g/mol. The van der Waals surface area contributed by atoms with Gasteiger partial charge in [0.1, 0.15) is 0 Å². The van der Waals surface area contributed by atoms with Crippen molar-refractivity contribution in [1.29, 1.82) is 0 Å². The predicted octanol–water partition coefficient (Wildman–Crippen LogP) is 3.12. The second-order valence-electron chi connectivity index (χ2n) is 7.11. The zero-order valence-corrected chi connectivity index (χ0v) is 16.7. The summed E-state index contributed by atoms with van der Waals surface area (Å²) in [6.07, 6.45) is 11.4. The highest BCUT2D eigenvalue weighted by molar-refractivity contribution is 7.83. The summed E-state index contributed by atoms with van der Waals surface area (Å²) < 4.78 is 38.4. The van der Waals surface area contributed by atoms with E-state index in [2.05, 4.69) is 18.5 Å². The molecule has 1 aliphatic carbocycles. The van der Waals surface area contributed by atoms with Crippen LogP contribution < -0.4 is 0 Å². The molecule has 0 aromatic heterocycles. The topological polar surface area (TPSA) is 70.1 Å². The van der Waals surface area contributed by atoms with Gasteiger partial charge in [0.15, 0.2) is 0 Å². The highest BCUT2D eigenvalue weighted by Gasteiger charge is 2.29. The van der Waals surface area contributed by atoms with E-state index in [4.69, 9.17) is 9.29 Å². The van der Waals surface area contributed by atoms with Crippen LogP contribution in [-0.4, -0.2) is 68.1 Å². The Morgan fingerprint density at radius 1 is 1.08 bits per heavy atom. The summed E-state index contributed by atoms with van der Waals surface area (Å²) >= 11 is 0. The Hall–Kier alpha value is -0.470. The molecule has 1 rings (SSSR count). The largest absolute Gasteiger partial charge is 0.378 e. The maximum atomic E-state index is 11.1. The van der Waals surface area contributed by atoms with Crippen molar-refractivity contribution in [3.8, 4) is 0 Å². The van der Waals surface area contributed by atoms with Crippen LogP contribution in [0.1, 0.15) is 57.8 Å². The van der Waals surface area contributed by atoms with Crippen molar-refractivity contribution >= 4 is 10.3 Å². The van der Waals surface area contributed by atoms with Crippen LogP contribution in [0.25, 0.3) is 0 Å². The van der Waals surface area contributed by atoms with E-state index >= 15 is 0 Å². The van der Waals surface area contributed by atoms with Gasteiger partial charge in [0.05, 0.1) is 6.10 Å². The van der Waals surface area contributed by atoms with Gasteiger partial charge in [-0.1, -0.05) is 25.3 Å². The minimum Gasteiger partial charge on any atom is -0.378 e. The molecule has 0 unspecified atom stereocenters. The first-order valence-corrected chi connectivity index (χ1v) is 10.9. The smallest absolute Gasteiger partial charge is 0.335 e. The Labute approximate surface area is 154 Å². The molecule has 0 spiro atoms. The van der Waals surface area contributed by atoms with Crippen LogP contribution in [0.5, 0.6) is 0 Å². The van der Waals surface area contributed by atoms with E-state index in [1.165, 1.54) is 32.7 Å². The van der Waals surface area contributed by atoms with Gasteiger partial charge in [-0.25, -0.2) is 0 Å². The molecule has 0 aromatic rings. The zero-order valence-electron chi connectivity index (χ0n) is 15.9. The lowest BCUT2D eigenvalue weighted by Crippen LogP contribution is -2.40. The number of hydrogen-bond donors (Lipinski definition) is 1. The molecule has 0 saturated heterocycles. The van der Waals surface area contributed by atoms with Crippen molar-refractivity contribution in [2.45, 2.75) is 69.9 Å². The molecule has 1 fully saturated rings. The van der Waals surface area contributed by atoms with Gasteiger partial charge >= 0.3 is 10.3 Å². The highest BCUT2D eigenvalue weighted by atomic mass is 32.2. The number of unbranched alkanes of at least 4 members (excludes halogenated alkanes) is 4. The second-order valence-corrected chi connectivity index (χ2v) is 8.59. The SMILES string of the molecule is C=CCN(C)CCCCCCCOC1CCC(N(C)S(=O)(=O)O)CC1. The molecule has 25 heavy (non-hydrogen) atoms. The summed E-state index contributed by atoms with van der Waals surface area (Å²) in [5.74, 6) is 0. The van der Waals surface area contributed by atoms with Crippen LogP contribution in [0, 0.1) is 0 Å². The van der Waals surface area contributed by atoms with Crippen molar-refractivity contribution in [3.05, 3.63) is 12.7 Å². The molecule has 6 nitrogen and oxygen atoms in total. The Bertz CT molecular complexity index is 462. The lowest BCUT2D eigenvalue weighted by Gasteiger charge is -2.32. The third-order valence-corrected chi connectivity index (χ3v) is 6.03. The highest BCUT2D eigenvalue weighted by Crippen LogP contribution is 2.25. The molecule has 0 radical (unpaired) electrons. The lowest BCUT2D eigenvalue weighted by molar-refractivity contribution is 0.0151. The molecular formula is C18H36N2O4S.